The van der Waals surface area contributed by atoms with Gasteiger partial charge in [-0.25, -0.2) is 0 Å². The van der Waals surface area contributed by atoms with Gasteiger partial charge >= 0.3 is 0 Å². The van der Waals surface area contributed by atoms with Crippen LogP contribution < -0.4 is 5.32 Å². The SMILES string of the molecule is Cc1ccc2[nH]c3c(c2c1)CCNC3CN(C)C. The summed E-state index contributed by atoms with van der Waals surface area (Å²) in [5, 5.41) is 5.02. The maximum atomic E-state index is 3.61. The number of likely N-dealkylation sites (N-methyl/N-ethyl adjacent to an activating group) is 1. The van der Waals surface area contributed by atoms with Gasteiger partial charge in [0.05, 0.1) is 6.04 Å². The normalized spacial score (nSPS) is 19.4. The van der Waals surface area contributed by atoms with E-state index < -0.39 is 0 Å². The van der Waals surface area contributed by atoms with Gasteiger partial charge in [0, 0.05) is 23.1 Å². The van der Waals surface area contributed by atoms with Gasteiger partial charge in [0.1, 0.15) is 0 Å². The van der Waals surface area contributed by atoms with E-state index in [0.717, 1.165) is 19.5 Å². The number of hydrogen-bond donors (Lipinski definition) is 2. The first kappa shape index (κ1) is 11.8. The van der Waals surface area contributed by atoms with E-state index in [1.54, 1.807) is 0 Å². The molecule has 1 unspecified atom stereocenters. The zero-order chi connectivity index (χ0) is 12.7. The molecule has 0 radical (unpaired) electrons. The predicted octanol–water partition coefficient (Wildman–Crippen LogP) is 2.22. The highest BCUT2D eigenvalue weighted by atomic mass is 15.1. The molecular weight excluding hydrogens is 222 g/mol. The molecule has 3 rings (SSSR count). The summed E-state index contributed by atoms with van der Waals surface area (Å²) in [6.45, 7) is 4.28. The molecule has 2 heterocycles. The van der Waals surface area contributed by atoms with Crippen molar-refractivity contribution < 1.29 is 0 Å². The Balaban J connectivity index is 2.09. The van der Waals surface area contributed by atoms with Gasteiger partial charge in [-0.05, 0) is 51.7 Å². The monoisotopic (exact) mass is 243 g/mol. The lowest BCUT2D eigenvalue weighted by molar-refractivity contribution is 0.331. The van der Waals surface area contributed by atoms with Crippen LogP contribution in [0.3, 0.4) is 0 Å². The van der Waals surface area contributed by atoms with Crippen molar-refractivity contribution in [2.24, 2.45) is 0 Å². The minimum absolute atomic E-state index is 0.427. The second-order valence-corrected chi connectivity index (χ2v) is 5.59. The van der Waals surface area contributed by atoms with Gasteiger partial charge in [0.15, 0.2) is 0 Å². The van der Waals surface area contributed by atoms with E-state index in [2.05, 4.69) is 54.4 Å². The predicted molar refractivity (Wildman–Crippen MR) is 76.0 cm³/mol. The van der Waals surface area contributed by atoms with E-state index in [0.29, 0.717) is 6.04 Å². The number of rotatable bonds is 2. The van der Waals surface area contributed by atoms with Gasteiger partial charge in [-0.1, -0.05) is 11.6 Å². The van der Waals surface area contributed by atoms with Gasteiger partial charge in [-0.15, -0.1) is 0 Å². The van der Waals surface area contributed by atoms with Crippen molar-refractivity contribution in [3.8, 4) is 0 Å². The maximum Gasteiger partial charge on any atom is 0.0605 e. The fourth-order valence-corrected chi connectivity index (χ4v) is 2.94. The molecule has 2 N–H and O–H groups in total. The molecular formula is C15H21N3. The van der Waals surface area contributed by atoms with Crippen molar-refractivity contribution in [3.63, 3.8) is 0 Å². The maximum absolute atomic E-state index is 3.61. The molecule has 0 fully saturated rings. The Morgan fingerprint density at radius 1 is 1.33 bits per heavy atom. The summed E-state index contributed by atoms with van der Waals surface area (Å²) in [5.74, 6) is 0. The Morgan fingerprint density at radius 3 is 2.94 bits per heavy atom. The van der Waals surface area contributed by atoms with E-state index >= 15 is 0 Å². The summed E-state index contributed by atoms with van der Waals surface area (Å²) >= 11 is 0. The van der Waals surface area contributed by atoms with E-state index in [4.69, 9.17) is 0 Å². The summed E-state index contributed by atoms with van der Waals surface area (Å²) < 4.78 is 0. The molecule has 18 heavy (non-hydrogen) atoms. The van der Waals surface area contributed by atoms with Crippen LogP contribution in [0.5, 0.6) is 0 Å². The Kier molecular flexibility index (Phi) is 2.88. The van der Waals surface area contributed by atoms with Gasteiger partial charge in [0.25, 0.3) is 0 Å². The Labute approximate surface area is 108 Å². The van der Waals surface area contributed by atoms with Gasteiger partial charge in [-0.3, -0.25) is 0 Å². The van der Waals surface area contributed by atoms with Crippen molar-refractivity contribution >= 4 is 10.9 Å². The van der Waals surface area contributed by atoms with Crippen LogP contribution in [0, 0.1) is 6.92 Å². The molecule has 0 spiro atoms. The first-order valence-electron chi connectivity index (χ1n) is 6.64. The summed E-state index contributed by atoms with van der Waals surface area (Å²) in [6, 6.07) is 7.12. The number of H-pyrrole nitrogens is 1. The van der Waals surface area contributed by atoms with Crippen molar-refractivity contribution in [1.29, 1.82) is 0 Å². The smallest absolute Gasteiger partial charge is 0.0605 e. The largest absolute Gasteiger partial charge is 0.357 e. The summed E-state index contributed by atoms with van der Waals surface area (Å²) in [4.78, 5) is 5.85. The third-order valence-electron chi connectivity index (χ3n) is 3.76. The molecule has 0 aliphatic carbocycles. The van der Waals surface area contributed by atoms with Crippen molar-refractivity contribution in [1.82, 2.24) is 15.2 Å². The first-order valence-corrected chi connectivity index (χ1v) is 6.64. The molecule has 0 saturated heterocycles. The number of benzene rings is 1. The Bertz CT molecular complexity index is 568. The Morgan fingerprint density at radius 2 is 2.17 bits per heavy atom. The molecule has 0 amide bonds. The second-order valence-electron chi connectivity index (χ2n) is 5.59. The first-order chi connectivity index (χ1) is 8.65. The van der Waals surface area contributed by atoms with Gasteiger partial charge < -0.3 is 15.2 Å². The number of aromatic amines is 1. The molecule has 0 bridgehead atoms. The zero-order valence-corrected chi connectivity index (χ0v) is 11.4. The van der Waals surface area contributed by atoms with Gasteiger partial charge in [-0.2, -0.15) is 0 Å². The van der Waals surface area contributed by atoms with Crippen LogP contribution in [-0.4, -0.2) is 37.1 Å². The highest BCUT2D eigenvalue weighted by molar-refractivity contribution is 5.85. The van der Waals surface area contributed by atoms with Crippen LogP contribution >= 0.6 is 0 Å². The third kappa shape index (κ3) is 1.93. The number of nitrogens with zero attached hydrogens (tertiary/aromatic N) is 1. The van der Waals surface area contributed by atoms with Gasteiger partial charge in [0.2, 0.25) is 0 Å². The lowest BCUT2D eigenvalue weighted by Gasteiger charge is -2.26. The van der Waals surface area contributed by atoms with Crippen molar-refractivity contribution in [3.05, 3.63) is 35.0 Å². The third-order valence-corrected chi connectivity index (χ3v) is 3.76. The minimum atomic E-state index is 0.427. The fourth-order valence-electron chi connectivity index (χ4n) is 2.94. The van der Waals surface area contributed by atoms with E-state index in [-0.39, 0.29) is 0 Å². The fraction of sp³-hybridized carbons (Fsp3) is 0.467. The molecule has 1 aliphatic rings. The summed E-state index contributed by atoms with van der Waals surface area (Å²) in [5.41, 5.74) is 5.51. The number of aryl methyl sites for hydroxylation is 1. The number of aromatic nitrogens is 1. The topological polar surface area (TPSA) is 31.1 Å². The average Bonchev–Trinajstić information content (AvgIpc) is 2.68. The standard InChI is InChI=1S/C15H21N3/c1-10-4-5-13-12(8-10)11-6-7-16-14(9-18(2)3)15(11)17-13/h4-5,8,14,16-17H,6-7,9H2,1-3H3. The van der Waals surface area contributed by atoms with E-state index in [1.807, 2.05) is 0 Å². The molecule has 96 valence electrons. The highest BCUT2D eigenvalue weighted by Gasteiger charge is 2.23. The lowest BCUT2D eigenvalue weighted by Crippen LogP contribution is -2.36. The molecule has 1 atom stereocenters. The minimum Gasteiger partial charge on any atom is -0.357 e. The van der Waals surface area contributed by atoms with Crippen LogP contribution in [0.25, 0.3) is 10.9 Å². The van der Waals surface area contributed by atoms with Crippen LogP contribution in [0.1, 0.15) is 22.9 Å². The molecule has 0 saturated carbocycles. The molecule has 3 nitrogen and oxygen atoms in total. The van der Waals surface area contributed by atoms with Crippen LogP contribution in [-0.2, 0) is 6.42 Å². The molecule has 1 aromatic carbocycles. The zero-order valence-electron chi connectivity index (χ0n) is 11.4. The van der Waals surface area contributed by atoms with E-state index in [9.17, 15) is 0 Å². The second kappa shape index (κ2) is 4.41. The van der Waals surface area contributed by atoms with E-state index in [1.165, 1.54) is 27.7 Å². The van der Waals surface area contributed by atoms with Crippen LogP contribution in [0.4, 0.5) is 0 Å². The number of nitrogens with one attached hydrogen (secondary N) is 2. The number of hydrogen-bond acceptors (Lipinski definition) is 2. The molecule has 1 aliphatic heterocycles. The number of fused-ring (bicyclic) bond motifs is 3. The Hall–Kier alpha value is -1.32. The molecule has 1 aromatic heterocycles. The van der Waals surface area contributed by atoms with Crippen LogP contribution in [0.15, 0.2) is 18.2 Å². The van der Waals surface area contributed by atoms with Crippen molar-refractivity contribution in [2.45, 2.75) is 19.4 Å². The summed E-state index contributed by atoms with van der Waals surface area (Å²) in [7, 11) is 4.26. The highest BCUT2D eigenvalue weighted by Crippen LogP contribution is 2.30. The van der Waals surface area contributed by atoms with Crippen LogP contribution in [0.2, 0.25) is 0 Å². The quantitative estimate of drug-likeness (QED) is 0.847. The van der Waals surface area contributed by atoms with Crippen molar-refractivity contribution in [2.75, 3.05) is 27.2 Å². The molecule has 3 heteroatoms. The summed E-state index contributed by atoms with van der Waals surface area (Å²) in [6.07, 6.45) is 1.13. The lowest BCUT2D eigenvalue weighted by atomic mass is 9.98. The molecule has 2 aromatic rings. The average molecular weight is 243 g/mol.